The Morgan fingerprint density at radius 1 is 1.38 bits per heavy atom. The van der Waals surface area contributed by atoms with Gasteiger partial charge in [0.15, 0.2) is 0 Å². The second-order valence-corrected chi connectivity index (χ2v) is 4.36. The quantitative estimate of drug-likeness (QED) is 0.773. The van der Waals surface area contributed by atoms with E-state index in [9.17, 15) is 0 Å². The van der Waals surface area contributed by atoms with Crippen LogP contribution in [0.15, 0.2) is 30.3 Å². The van der Waals surface area contributed by atoms with E-state index in [1.54, 1.807) is 0 Å². The molecule has 0 saturated carbocycles. The number of hydrogen-bond donors (Lipinski definition) is 0. The Balaban J connectivity index is 2.01. The number of nitrogens with zero attached hydrogens (tertiary/aromatic N) is 1. The maximum absolute atomic E-state index is 5.86. The zero-order valence-electron chi connectivity index (χ0n) is 10.1. The highest BCUT2D eigenvalue weighted by atomic mass is 16.5. The van der Waals surface area contributed by atoms with Crippen LogP contribution in [-0.2, 0) is 4.74 Å². The van der Waals surface area contributed by atoms with Crippen LogP contribution in [0.3, 0.4) is 0 Å². The normalized spacial score (nSPS) is 24.2. The predicted octanol–water partition coefficient (Wildman–Crippen LogP) is 2.67. The number of ether oxygens (including phenoxy) is 1. The third-order valence-corrected chi connectivity index (χ3v) is 3.37. The van der Waals surface area contributed by atoms with Crippen LogP contribution in [0.1, 0.15) is 25.3 Å². The number of morpholine rings is 1. The Morgan fingerprint density at radius 2 is 2.12 bits per heavy atom. The number of hydrogen-bond acceptors (Lipinski definition) is 2. The summed E-state index contributed by atoms with van der Waals surface area (Å²) < 4.78 is 5.86. The lowest BCUT2D eigenvalue weighted by molar-refractivity contribution is -0.0293. The molecule has 2 heteroatoms. The lowest BCUT2D eigenvalue weighted by Crippen LogP contribution is -2.42. The van der Waals surface area contributed by atoms with E-state index in [1.807, 2.05) is 0 Å². The first-order valence-electron chi connectivity index (χ1n) is 6.01. The maximum Gasteiger partial charge on any atom is 0.0768 e. The molecule has 2 nitrogen and oxygen atoms in total. The van der Waals surface area contributed by atoms with E-state index >= 15 is 0 Å². The number of rotatable bonds is 3. The van der Waals surface area contributed by atoms with E-state index in [2.05, 4.69) is 55.6 Å². The first-order chi connectivity index (χ1) is 7.81. The van der Waals surface area contributed by atoms with Gasteiger partial charge in [-0.2, -0.15) is 0 Å². The summed E-state index contributed by atoms with van der Waals surface area (Å²) in [5.74, 6) is 0.462. The molecule has 2 unspecified atom stereocenters. The Morgan fingerprint density at radius 3 is 2.81 bits per heavy atom. The van der Waals surface area contributed by atoms with Gasteiger partial charge >= 0.3 is 0 Å². The molecule has 0 amide bonds. The molecule has 2 atom stereocenters. The summed E-state index contributed by atoms with van der Waals surface area (Å²) in [6.07, 6.45) is 0.312. The molecule has 87 valence electrons. The molecule has 1 aromatic rings. The van der Waals surface area contributed by atoms with Crippen LogP contribution in [-0.4, -0.2) is 30.7 Å². The standard InChI is InChI=1S/C14H20NO/c1-3-15-9-10-16-14(11-15)12(2)13-7-5-4-6-8-13/h3-8,12,14H,9-11H2,1-2H3. The molecule has 0 aromatic heterocycles. The molecule has 1 aromatic carbocycles. The third kappa shape index (κ3) is 2.63. The van der Waals surface area contributed by atoms with Crippen LogP contribution in [0.5, 0.6) is 0 Å². The van der Waals surface area contributed by atoms with E-state index < -0.39 is 0 Å². The summed E-state index contributed by atoms with van der Waals surface area (Å²) in [4.78, 5) is 2.34. The van der Waals surface area contributed by atoms with E-state index in [4.69, 9.17) is 4.74 Å². The summed E-state index contributed by atoms with van der Waals surface area (Å²) in [5.41, 5.74) is 1.37. The second kappa shape index (κ2) is 5.46. The molecule has 1 radical (unpaired) electrons. The zero-order chi connectivity index (χ0) is 11.4. The molecule has 0 bridgehead atoms. The Kier molecular flexibility index (Phi) is 3.97. The van der Waals surface area contributed by atoms with Crippen molar-refractivity contribution in [2.75, 3.05) is 19.7 Å². The Labute approximate surface area is 98.2 Å². The molecule has 1 fully saturated rings. The van der Waals surface area contributed by atoms with Crippen LogP contribution in [0.2, 0.25) is 0 Å². The van der Waals surface area contributed by atoms with Crippen molar-refractivity contribution in [2.45, 2.75) is 25.9 Å². The second-order valence-electron chi connectivity index (χ2n) is 4.36. The third-order valence-electron chi connectivity index (χ3n) is 3.37. The van der Waals surface area contributed by atoms with Crippen LogP contribution < -0.4 is 0 Å². The van der Waals surface area contributed by atoms with E-state index in [0.29, 0.717) is 12.0 Å². The fourth-order valence-corrected chi connectivity index (χ4v) is 2.20. The highest BCUT2D eigenvalue weighted by Gasteiger charge is 2.25. The number of benzene rings is 1. The summed E-state index contributed by atoms with van der Waals surface area (Å²) >= 11 is 0. The van der Waals surface area contributed by atoms with E-state index in [1.165, 1.54) is 5.56 Å². The van der Waals surface area contributed by atoms with Crippen LogP contribution in [0, 0.1) is 6.54 Å². The minimum absolute atomic E-state index is 0.312. The molecular formula is C14H20NO. The molecule has 1 heterocycles. The molecular weight excluding hydrogens is 198 g/mol. The Bertz CT molecular complexity index is 312. The van der Waals surface area contributed by atoms with Crippen molar-refractivity contribution < 1.29 is 4.74 Å². The summed E-state index contributed by atoms with van der Waals surface area (Å²) in [5, 5.41) is 0. The van der Waals surface area contributed by atoms with Gasteiger partial charge in [-0.3, -0.25) is 4.90 Å². The van der Waals surface area contributed by atoms with Crippen molar-refractivity contribution in [1.29, 1.82) is 0 Å². The van der Waals surface area contributed by atoms with Crippen LogP contribution in [0.25, 0.3) is 0 Å². The van der Waals surface area contributed by atoms with Crippen molar-refractivity contribution in [2.24, 2.45) is 0 Å². The van der Waals surface area contributed by atoms with Gasteiger partial charge in [0.2, 0.25) is 0 Å². The van der Waals surface area contributed by atoms with Crippen molar-refractivity contribution in [3.05, 3.63) is 42.4 Å². The van der Waals surface area contributed by atoms with Gasteiger partial charge in [0, 0.05) is 25.6 Å². The van der Waals surface area contributed by atoms with Crippen molar-refractivity contribution in [3.8, 4) is 0 Å². The first-order valence-corrected chi connectivity index (χ1v) is 6.01. The van der Waals surface area contributed by atoms with Crippen molar-refractivity contribution in [1.82, 2.24) is 4.90 Å². The van der Waals surface area contributed by atoms with Crippen molar-refractivity contribution >= 4 is 0 Å². The molecule has 0 spiro atoms. The summed E-state index contributed by atoms with van der Waals surface area (Å²) in [7, 11) is 0. The smallest absolute Gasteiger partial charge is 0.0768 e. The largest absolute Gasteiger partial charge is 0.375 e. The molecule has 1 saturated heterocycles. The topological polar surface area (TPSA) is 12.5 Å². The molecule has 0 N–H and O–H groups in total. The average Bonchev–Trinajstić information content (AvgIpc) is 2.39. The van der Waals surface area contributed by atoms with Gasteiger partial charge < -0.3 is 4.74 Å². The van der Waals surface area contributed by atoms with Gasteiger partial charge in [-0.25, -0.2) is 0 Å². The minimum Gasteiger partial charge on any atom is -0.375 e. The van der Waals surface area contributed by atoms with Gasteiger partial charge in [0.05, 0.1) is 12.7 Å². The van der Waals surface area contributed by atoms with Gasteiger partial charge in [0.1, 0.15) is 0 Å². The SMILES string of the molecule is C[CH]N1CCOC(C(C)c2ccccc2)C1. The van der Waals surface area contributed by atoms with Gasteiger partial charge in [-0.15, -0.1) is 0 Å². The molecule has 0 aliphatic carbocycles. The molecule has 1 aliphatic rings. The van der Waals surface area contributed by atoms with Gasteiger partial charge in [-0.05, 0) is 12.5 Å². The summed E-state index contributed by atoms with van der Waals surface area (Å²) in [6.45, 7) is 9.37. The van der Waals surface area contributed by atoms with Crippen LogP contribution >= 0.6 is 0 Å². The highest BCUT2D eigenvalue weighted by molar-refractivity contribution is 5.20. The fraction of sp³-hybridized carbons (Fsp3) is 0.500. The van der Waals surface area contributed by atoms with Crippen molar-refractivity contribution in [3.63, 3.8) is 0 Å². The van der Waals surface area contributed by atoms with Gasteiger partial charge in [0.25, 0.3) is 0 Å². The zero-order valence-corrected chi connectivity index (χ0v) is 10.1. The maximum atomic E-state index is 5.86. The fourth-order valence-electron chi connectivity index (χ4n) is 2.20. The monoisotopic (exact) mass is 218 g/mol. The van der Waals surface area contributed by atoms with E-state index in [0.717, 1.165) is 19.7 Å². The highest BCUT2D eigenvalue weighted by Crippen LogP contribution is 2.24. The van der Waals surface area contributed by atoms with E-state index in [-0.39, 0.29) is 0 Å². The lowest BCUT2D eigenvalue weighted by atomic mass is 9.94. The first kappa shape index (κ1) is 11.6. The molecule has 16 heavy (non-hydrogen) atoms. The Hall–Kier alpha value is -0.860. The molecule has 2 rings (SSSR count). The van der Waals surface area contributed by atoms with Crippen LogP contribution in [0.4, 0.5) is 0 Å². The summed E-state index contributed by atoms with van der Waals surface area (Å²) in [6, 6.07) is 10.6. The molecule has 1 aliphatic heterocycles. The minimum atomic E-state index is 0.312. The average molecular weight is 218 g/mol. The lowest BCUT2D eigenvalue weighted by Gasteiger charge is -2.35. The van der Waals surface area contributed by atoms with Gasteiger partial charge in [-0.1, -0.05) is 37.3 Å². The predicted molar refractivity (Wildman–Crippen MR) is 66.1 cm³/mol.